The van der Waals surface area contributed by atoms with E-state index in [0.29, 0.717) is 13.1 Å². The van der Waals surface area contributed by atoms with E-state index in [1.54, 1.807) is 14.2 Å². The van der Waals surface area contributed by atoms with Crippen molar-refractivity contribution in [3.05, 3.63) is 71.1 Å². The molecule has 2 saturated heterocycles. The van der Waals surface area contributed by atoms with Crippen LogP contribution in [0, 0.1) is 0 Å². The van der Waals surface area contributed by atoms with Gasteiger partial charge in [-0.1, -0.05) is 38.1 Å². The van der Waals surface area contributed by atoms with Crippen LogP contribution in [0.1, 0.15) is 50.3 Å². The third-order valence-electron chi connectivity index (χ3n) is 8.90. The largest absolute Gasteiger partial charge is 0.497 e. The molecule has 6 rings (SSSR count). The third kappa shape index (κ3) is 3.70. The van der Waals surface area contributed by atoms with Crippen LogP contribution in [0.3, 0.4) is 0 Å². The predicted octanol–water partition coefficient (Wildman–Crippen LogP) is 5.65. The molecule has 200 valence electrons. The van der Waals surface area contributed by atoms with Crippen molar-refractivity contribution in [2.75, 3.05) is 33.9 Å². The van der Waals surface area contributed by atoms with Crippen LogP contribution in [0.2, 0.25) is 0 Å². The number of methoxy groups -OCH3 is 2. The number of para-hydroxylation sites is 1. The first kappa shape index (κ1) is 24.9. The number of allylic oxidation sites excluding steroid dienone is 1. The van der Waals surface area contributed by atoms with Gasteiger partial charge >= 0.3 is 6.03 Å². The Morgan fingerprint density at radius 2 is 1.82 bits per heavy atom. The van der Waals surface area contributed by atoms with Crippen LogP contribution in [-0.2, 0) is 18.5 Å². The number of aromatic amines is 1. The SMILES string of the molecule is CCN1C(=O)N2Cc3cc(OC)cc(OC)c3C(C)(C)C=C2C12CCN(Cc1c[nH]c3ccccc13)CC2. The highest BCUT2D eigenvalue weighted by Crippen LogP contribution is 2.50. The maximum atomic E-state index is 13.9. The number of nitrogens with zero attached hydrogens (tertiary/aromatic N) is 3. The highest BCUT2D eigenvalue weighted by Gasteiger charge is 2.55. The minimum Gasteiger partial charge on any atom is -0.497 e. The number of carbonyl (C=O) groups excluding carboxylic acids is 1. The number of hydrogen-bond acceptors (Lipinski definition) is 4. The number of benzene rings is 2. The minimum absolute atomic E-state index is 0.106. The molecule has 1 spiro atoms. The Balaban J connectivity index is 1.34. The number of carbonyl (C=O) groups is 1. The summed E-state index contributed by atoms with van der Waals surface area (Å²) >= 11 is 0. The van der Waals surface area contributed by atoms with E-state index in [1.807, 2.05) is 11.0 Å². The van der Waals surface area contributed by atoms with Gasteiger partial charge in [0.05, 0.1) is 26.3 Å². The molecule has 0 saturated carbocycles. The van der Waals surface area contributed by atoms with Gasteiger partial charge in [-0.05, 0) is 43.0 Å². The van der Waals surface area contributed by atoms with Gasteiger partial charge in [0.2, 0.25) is 0 Å². The zero-order valence-corrected chi connectivity index (χ0v) is 23.1. The molecule has 3 aliphatic heterocycles. The van der Waals surface area contributed by atoms with Gasteiger partial charge in [0, 0.05) is 66.0 Å². The van der Waals surface area contributed by atoms with Gasteiger partial charge in [0.25, 0.3) is 0 Å². The molecular weight excluding hydrogens is 476 g/mol. The molecule has 7 heteroatoms. The molecule has 0 bridgehead atoms. The van der Waals surface area contributed by atoms with Gasteiger partial charge < -0.3 is 19.4 Å². The maximum absolute atomic E-state index is 13.9. The number of ether oxygens (including phenoxy) is 2. The van der Waals surface area contributed by atoms with E-state index in [2.05, 4.69) is 78.2 Å². The Bertz CT molecular complexity index is 1410. The second kappa shape index (κ2) is 9.09. The normalized spacial score (nSPS) is 20.3. The molecular formula is C31H38N4O3. The van der Waals surface area contributed by atoms with Crippen molar-refractivity contribution < 1.29 is 14.3 Å². The molecule has 0 radical (unpaired) electrons. The summed E-state index contributed by atoms with van der Waals surface area (Å²) in [5.41, 5.74) is 5.27. The first-order chi connectivity index (χ1) is 18.3. The lowest BCUT2D eigenvalue weighted by Gasteiger charge is -2.44. The first-order valence-corrected chi connectivity index (χ1v) is 13.7. The predicted molar refractivity (Wildman–Crippen MR) is 150 cm³/mol. The molecule has 0 atom stereocenters. The van der Waals surface area contributed by atoms with Crippen LogP contribution in [0.4, 0.5) is 4.79 Å². The Morgan fingerprint density at radius 3 is 2.53 bits per heavy atom. The zero-order valence-electron chi connectivity index (χ0n) is 23.1. The van der Waals surface area contributed by atoms with Gasteiger partial charge in [0.15, 0.2) is 0 Å². The van der Waals surface area contributed by atoms with E-state index < -0.39 is 0 Å². The molecule has 4 heterocycles. The molecule has 2 aromatic carbocycles. The number of nitrogens with one attached hydrogen (secondary N) is 1. The lowest BCUT2D eigenvalue weighted by Crippen LogP contribution is -2.53. The molecule has 2 fully saturated rings. The monoisotopic (exact) mass is 514 g/mol. The smallest absolute Gasteiger partial charge is 0.325 e. The van der Waals surface area contributed by atoms with Crippen molar-refractivity contribution in [2.24, 2.45) is 0 Å². The van der Waals surface area contributed by atoms with E-state index in [-0.39, 0.29) is 17.0 Å². The number of fused-ring (bicyclic) bond motifs is 4. The van der Waals surface area contributed by atoms with Gasteiger partial charge in [-0.2, -0.15) is 0 Å². The molecule has 0 aliphatic carbocycles. The van der Waals surface area contributed by atoms with Crippen LogP contribution < -0.4 is 9.47 Å². The highest BCUT2D eigenvalue weighted by atomic mass is 16.5. The Morgan fingerprint density at radius 1 is 1.05 bits per heavy atom. The summed E-state index contributed by atoms with van der Waals surface area (Å²) < 4.78 is 11.4. The Kier molecular flexibility index (Phi) is 5.94. The lowest BCUT2D eigenvalue weighted by atomic mass is 9.77. The Hall–Kier alpha value is -3.45. The molecule has 1 aromatic heterocycles. The average Bonchev–Trinajstić information content (AvgIpc) is 3.37. The van der Waals surface area contributed by atoms with Gasteiger partial charge in [-0.3, -0.25) is 9.80 Å². The fourth-order valence-electron chi connectivity index (χ4n) is 7.10. The summed E-state index contributed by atoms with van der Waals surface area (Å²) in [5.74, 6) is 1.56. The molecule has 2 amide bonds. The molecule has 0 unspecified atom stereocenters. The van der Waals surface area contributed by atoms with Crippen LogP contribution in [0.5, 0.6) is 11.5 Å². The topological polar surface area (TPSA) is 61.0 Å². The summed E-state index contributed by atoms with van der Waals surface area (Å²) in [6, 6.07) is 12.6. The van der Waals surface area contributed by atoms with Crippen molar-refractivity contribution in [3.8, 4) is 11.5 Å². The number of rotatable bonds is 5. The maximum Gasteiger partial charge on any atom is 0.325 e. The fourth-order valence-corrected chi connectivity index (χ4v) is 7.10. The quantitative estimate of drug-likeness (QED) is 0.478. The van der Waals surface area contributed by atoms with Crippen molar-refractivity contribution in [2.45, 2.75) is 57.7 Å². The summed E-state index contributed by atoms with van der Waals surface area (Å²) in [6.07, 6.45) is 6.33. The van der Waals surface area contributed by atoms with Crippen molar-refractivity contribution in [1.29, 1.82) is 0 Å². The number of likely N-dealkylation sites (tertiary alicyclic amines) is 1. The molecule has 38 heavy (non-hydrogen) atoms. The summed E-state index contributed by atoms with van der Waals surface area (Å²) in [6.45, 7) is 10.6. The molecule has 3 aromatic rings. The fraction of sp³-hybridized carbons (Fsp3) is 0.452. The number of urea groups is 1. The molecule has 1 N–H and O–H groups in total. The lowest BCUT2D eigenvalue weighted by molar-refractivity contribution is 0.0888. The van der Waals surface area contributed by atoms with Gasteiger partial charge in [0.1, 0.15) is 11.5 Å². The number of likely N-dealkylation sites (N-methyl/N-ethyl adjacent to an activating group) is 1. The van der Waals surface area contributed by atoms with Gasteiger partial charge in [-0.15, -0.1) is 0 Å². The summed E-state index contributed by atoms with van der Waals surface area (Å²) in [4.78, 5) is 24.0. The van der Waals surface area contributed by atoms with E-state index in [0.717, 1.165) is 60.8 Å². The first-order valence-electron chi connectivity index (χ1n) is 13.7. The van der Waals surface area contributed by atoms with Crippen molar-refractivity contribution in [1.82, 2.24) is 19.7 Å². The standard InChI is InChI=1S/C31H38N4O3/c1-6-35-29(36)34-20-21-15-23(37-4)16-26(38-5)28(21)30(2,3)17-27(34)31(35)11-13-33(14-12-31)19-22-18-32-25-10-8-7-9-24(22)25/h7-10,15-18,32H,6,11-14,19-20H2,1-5H3. The third-order valence-corrected chi connectivity index (χ3v) is 8.90. The Labute approximate surface area is 225 Å². The molecule has 7 nitrogen and oxygen atoms in total. The molecule has 3 aliphatic rings. The minimum atomic E-state index is -0.310. The van der Waals surface area contributed by atoms with E-state index in [9.17, 15) is 4.79 Å². The van der Waals surface area contributed by atoms with Gasteiger partial charge in [-0.25, -0.2) is 4.79 Å². The zero-order chi connectivity index (χ0) is 26.7. The van der Waals surface area contributed by atoms with Crippen molar-refractivity contribution >= 4 is 16.9 Å². The summed E-state index contributed by atoms with van der Waals surface area (Å²) in [5, 5.41) is 1.29. The second-order valence-electron chi connectivity index (χ2n) is 11.4. The van der Waals surface area contributed by atoms with Crippen LogP contribution in [0.15, 0.2) is 54.4 Å². The number of amides is 2. The number of hydrogen-bond donors (Lipinski definition) is 1. The van der Waals surface area contributed by atoms with E-state index >= 15 is 0 Å². The number of piperidine rings is 1. The van der Waals surface area contributed by atoms with Crippen LogP contribution in [0.25, 0.3) is 10.9 Å². The highest BCUT2D eigenvalue weighted by molar-refractivity contribution is 5.84. The van der Waals surface area contributed by atoms with E-state index in [4.69, 9.17) is 9.47 Å². The van der Waals surface area contributed by atoms with Crippen molar-refractivity contribution in [3.63, 3.8) is 0 Å². The summed E-state index contributed by atoms with van der Waals surface area (Å²) in [7, 11) is 3.38. The number of aromatic nitrogens is 1. The van der Waals surface area contributed by atoms with Crippen LogP contribution in [-0.4, -0.2) is 65.1 Å². The van der Waals surface area contributed by atoms with Crippen LogP contribution >= 0.6 is 0 Å². The number of H-pyrrole nitrogens is 1. The average molecular weight is 515 g/mol. The van der Waals surface area contributed by atoms with E-state index in [1.165, 1.54) is 16.5 Å². The second-order valence-corrected chi connectivity index (χ2v) is 11.4.